The summed E-state index contributed by atoms with van der Waals surface area (Å²) in [6.07, 6.45) is 63.8. The van der Waals surface area contributed by atoms with E-state index in [1.54, 1.807) is 6.08 Å². The molecule has 0 saturated carbocycles. The molecular formula is C70H125NO10. The second kappa shape index (κ2) is 57.5. The second-order valence-electron chi connectivity index (χ2n) is 23.2. The normalized spacial score (nSPS) is 19.1. The van der Waals surface area contributed by atoms with Crippen molar-refractivity contribution in [3.05, 3.63) is 72.9 Å². The Morgan fingerprint density at radius 2 is 0.889 bits per heavy atom. The van der Waals surface area contributed by atoms with Gasteiger partial charge in [-0.1, -0.05) is 273 Å². The fourth-order valence-corrected chi connectivity index (χ4v) is 10.3. The molecule has 470 valence electrons. The van der Waals surface area contributed by atoms with Crippen LogP contribution in [0.1, 0.15) is 297 Å². The Balaban J connectivity index is 2.54. The van der Waals surface area contributed by atoms with Crippen molar-refractivity contribution in [3.8, 4) is 0 Å². The number of hydrogen-bond acceptors (Lipinski definition) is 10. The molecule has 0 bridgehead atoms. The van der Waals surface area contributed by atoms with E-state index in [1.165, 1.54) is 148 Å². The van der Waals surface area contributed by atoms with Crippen LogP contribution in [-0.4, -0.2) is 99.6 Å². The Kier molecular flexibility index (Phi) is 54.1. The van der Waals surface area contributed by atoms with Crippen molar-refractivity contribution >= 4 is 11.9 Å². The maximum Gasteiger partial charge on any atom is 0.306 e. The van der Waals surface area contributed by atoms with E-state index in [9.17, 15) is 35.1 Å². The van der Waals surface area contributed by atoms with E-state index in [2.05, 4.69) is 86.8 Å². The van der Waals surface area contributed by atoms with E-state index in [0.29, 0.717) is 12.8 Å². The lowest BCUT2D eigenvalue weighted by atomic mass is 9.99. The molecule has 8 unspecified atom stereocenters. The van der Waals surface area contributed by atoms with Crippen molar-refractivity contribution in [2.45, 2.75) is 346 Å². The summed E-state index contributed by atoms with van der Waals surface area (Å²) in [7, 11) is 0. The molecule has 1 aliphatic heterocycles. The number of amides is 1. The second-order valence-corrected chi connectivity index (χ2v) is 23.2. The van der Waals surface area contributed by atoms with E-state index in [4.69, 9.17) is 14.2 Å². The van der Waals surface area contributed by atoms with Gasteiger partial charge in [-0.15, -0.1) is 0 Å². The van der Waals surface area contributed by atoms with E-state index < -0.39 is 67.4 Å². The summed E-state index contributed by atoms with van der Waals surface area (Å²) in [6, 6.07) is -1.03. The molecule has 1 aliphatic rings. The zero-order valence-electron chi connectivity index (χ0n) is 52.1. The van der Waals surface area contributed by atoms with Gasteiger partial charge in [0.1, 0.15) is 24.4 Å². The number of carbonyl (C=O) groups is 2. The van der Waals surface area contributed by atoms with Gasteiger partial charge in [0.05, 0.1) is 25.4 Å². The summed E-state index contributed by atoms with van der Waals surface area (Å²) in [4.78, 5) is 26.6. The first-order valence-corrected chi connectivity index (χ1v) is 33.7. The zero-order chi connectivity index (χ0) is 58.9. The zero-order valence-corrected chi connectivity index (χ0v) is 52.1. The minimum atomic E-state index is -1.62. The van der Waals surface area contributed by atoms with Crippen LogP contribution in [0.25, 0.3) is 0 Å². The molecule has 1 fully saturated rings. The number of rotatable bonds is 57. The first kappa shape index (κ1) is 76.1. The van der Waals surface area contributed by atoms with Crippen LogP contribution in [0, 0.1) is 0 Å². The molecule has 1 amide bonds. The maximum atomic E-state index is 13.4. The summed E-state index contributed by atoms with van der Waals surface area (Å²) < 4.78 is 17.7. The number of nitrogens with one attached hydrogen (secondary N) is 1. The molecule has 81 heavy (non-hydrogen) atoms. The summed E-state index contributed by atoms with van der Waals surface area (Å²) >= 11 is 0. The van der Waals surface area contributed by atoms with Gasteiger partial charge in [0.25, 0.3) is 0 Å². The average molecular weight is 1140 g/mol. The summed E-state index contributed by atoms with van der Waals surface area (Å²) in [5.74, 6) is -1.20. The van der Waals surface area contributed by atoms with Gasteiger partial charge in [0.2, 0.25) is 5.91 Å². The third kappa shape index (κ3) is 45.2. The molecule has 0 aromatic heterocycles. The fourth-order valence-electron chi connectivity index (χ4n) is 10.3. The number of allylic oxidation sites excluding steroid dienone is 11. The molecule has 0 radical (unpaired) electrons. The van der Waals surface area contributed by atoms with Gasteiger partial charge < -0.3 is 45.1 Å². The van der Waals surface area contributed by atoms with Gasteiger partial charge in [-0.05, 0) is 89.9 Å². The van der Waals surface area contributed by atoms with E-state index in [-0.39, 0.29) is 19.4 Å². The molecule has 0 spiro atoms. The topological polar surface area (TPSA) is 175 Å². The Morgan fingerprint density at radius 3 is 1.36 bits per heavy atom. The van der Waals surface area contributed by atoms with Crippen LogP contribution in [0.4, 0.5) is 0 Å². The van der Waals surface area contributed by atoms with E-state index in [1.807, 2.05) is 6.08 Å². The number of unbranched alkanes of at least 4 members (excludes halogenated alkanes) is 33. The summed E-state index contributed by atoms with van der Waals surface area (Å²) in [5, 5.41) is 57.0. The molecule has 8 atom stereocenters. The quantitative estimate of drug-likeness (QED) is 0.0195. The van der Waals surface area contributed by atoms with Crippen LogP contribution >= 0.6 is 0 Å². The van der Waals surface area contributed by atoms with Gasteiger partial charge in [0, 0.05) is 6.42 Å². The molecule has 11 heteroatoms. The van der Waals surface area contributed by atoms with Gasteiger partial charge in [-0.3, -0.25) is 9.59 Å². The van der Waals surface area contributed by atoms with Gasteiger partial charge >= 0.3 is 5.97 Å². The Bertz CT molecular complexity index is 1590. The van der Waals surface area contributed by atoms with Crippen LogP contribution in [0.5, 0.6) is 0 Å². The summed E-state index contributed by atoms with van der Waals surface area (Å²) in [6.45, 7) is 5.66. The van der Waals surface area contributed by atoms with Gasteiger partial charge in [-0.25, -0.2) is 0 Å². The lowest BCUT2D eigenvalue weighted by Gasteiger charge is -2.41. The van der Waals surface area contributed by atoms with Crippen molar-refractivity contribution in [3.63, 3.8) is 0 Å². The number of esters is 1. The first-order valence-electron chi connectivity index (χ1n) is 33.7. The number of aliphatic hydroxyl groups is 5. The van der Waals surface area contributed by atoms with Crippen molar-refractivity contribution in [1.29, 1.82) is 0 Å². The third-order valence-corrected chi connectivity index (χ3v) is 15.6. The molecule has 11 nitrogen and oxygen atoms in total. The maximum absolute atomic E-state index is 13.4. The third-order valence-electron chi connectivity index (χ3n) is 15.6. The molecular weight excluding hydrogens is 1010 g/mol. The smallest absolute Gasteiger partial charge is 0.306 e. The highest BCUT2D eigenvalue weighted by molar-refractivity contribution is 5.80. The highest BCUT2D eigenvalue weighted by Gasteiger charge is 2.47. The van der Waals surface area contributed by atoms with Crippen molar-refractivity contribution in [2.24, 2.45) is 0 Å². The Hall–Kier alpha value is -2.90. The lowest BCUT2D eigenvalue weighted by molar-refractivity contribution is -0.305. The minimum absolute atomic E-state index is 0.121. The van der Waals surface area contributed by atoms with Crippen LogP contribution in [0.15, 0.2) is 72.9 Å². The molecule has 0 aliphatic carbocycles. The fraction of sp³-hybridized carbons (Fsp3) is 0.800. The standard InChI is InChI=1S/C70H125NO10/c1-4-7-10-13-16-19-22-25-26-27-28-29-30-31-32-33-34-35-36-37-38-40-43-46-49-52-55-58-65(75)81-68-67(77)66(76)64(59-72)80-70(68)79-60-61(62(73)56-53-50-47-44-41-24-21-18-15-12-9-6-3)71-69(78)63(74)57-54-51-48-45-42-39-23-20-17-14-11-8-5-2/h8,11,16-17,19-20,25-26,28-29,53,56,61-64,66-68,70,72-74,76-77H,4-7,9-10,12-15,18,21-24,27,30-52,54-55,57-60H2,1-3H3,(H,71,78)/b11-8+,19-16-,20-17+,26-25-,29-28-,56-53+. The molecule has 6 N–H and O–H groups in total. The largest absolute Gasteiger partial charge is 0.454 e. The lowest BCUT2D eigenvalue weighted by Crippen LogP contribution is -2.61. The van der Waals surface area contributed by atoms with Crippen LogP contribution in [0.3, 0.4) is 0 Å². The van der Waals surface area contributed by atoms with Gasteiger partial charge in [-0.2, -0.15) is 0 Å². The van der Waals surface area contributed by atoms with Crippen LogP contribution in [-0.2, 0) is 23.8 Å². The first-order chi connectivity index (χ1) is 39.7. The highest BCUT2D eigenvalue weighted by Crippen LogP contribution is 2.26. The highest BCUT2D eigenvalue weighted by atomic mass is 16.7. The Morgan fingerprint density at radius 1 is 0.494 bits per heavy atom. The predicted octanol–water partition coefficient (Wildman–Crippen LogP) is 16.7. The van der Waals surface area contributed by atoms with Crippen LogP contribution in [0.2, 0.25) is 0 Å². The molecule has 0 aromatic rings. The number of hydrogen-bond donors (Lipinski definition) is 6. The molecule has 1 heterocycles. The van der Waals surface area contributed by atoms with E-state index >= 15 is 0 Å². The Labute approximate surface area is 496 Å². The number of ether oxygens (including phenoxy) is 3. The molecule has 0 aromatic carbocycles. The molecule has 1 saturated heterocycles. The van der Waals surface area contributed by atoms with Crippen molar-refractivity contribution in [2.75, 3.05) is 13.2 Å². The van der Waals surface area contributed by atoms with E-state index in [0.717, 1.165) is 103 Å². The average Bonchev–Trinajstić information content (AvgIpc) is 3.50. The van der Waals surface area contributed by atoms with Gasteiger partial charge in [0.15, 0.2) is 12.4 Å². The summed E-state index contributed by atoms with van der Waals surface area (Å²) in [5.41, 5.74) is 0. The minimum Gasteiger partial charge on any atom is -0.454 e. The van der Waals surface area contributed by atoms with Crippen molar-refractivity contribution in [1.82, 2.24) is 5.32 Å². The van der Waals surface area contributed by atoms with Crippen LogP contribution < -0.4 is 5.32 Å². The monoisotopic (exact) mass is 1140 g/mol. The number of carbonyl (C=O) groups excluding carboxylic acids is 2. The number of aliphatic hydroxyl groups excluding tert-OH is 5. The molecule has 1 rings (SSSR count). The SMILES string of the molecule is CC/C=C/C/C=C/CCCCCCCCC(O)C(=O)NC(COC1OC(CO)C(O)C(O)C1OC(=O)CCCCCCCCCCCCCCCC/C=C\C/C=C\C/C=C\CCCCC)C(O)/C=C/CCCCCCCCCCCC. The predicted molar refractivity (Wildman–Crippen MR) is 338 cm³/mol. The van der Waals surface area contributed by atoms with Crippen molar-refractivity contribution < 1.29 is 49.3 Å².